The monoisotopic (exact) mass is 289 g/mol. The molecule has 0 atom stereocenters. The summed E-state index contributed by atoms with van der Waals surface area (Å²) in [4.78, 5) is 28.4. The van der Waals surface area contributed by atoms with Gasteiger partial charge < -0.3 is 10.4 Å². The van der Waals surface area contributed by atoms with E-state index in [1.165, 1.54) is 24.3 Å². The molecule has 8 nitrogen and oxygen atoms in total. The van der Waals surface area contributed by atoms with E-state index < -0.39 is 5.97 Å². The van der Waals surface area contributed by atoms with Crippen molar-refractivity contribution in [1.82, 2.24) is 20.5 Å². The molecule has 0 bridgehead atoms. The van der Waals surface area contributed by atoms with Crippen LogP contribution in [0.2, 0.25) is 0 Å². The molecule has 0 aliphatic carbocycles. The number of aromatic carboxylic acids is 1. The molecule has 2 rings (SSSR count). The number of amides is 2. The molecule has 2 aromatic rings. The Kier molecular flexibility index (Phi) is 4.50. The van der Waals surface area contributed by atoms with Gasteiger partial charge in [-0.2, -0.15) is 5.10 Å². The van der Waals surface area contributed by atoms with Crippen LogP contribution in [0.3, 0.4) is 0 Å². The third-order valence-corrected chi connectivity index (χ3v) is 2.90. The van der Waals surface area contributed by atoms with E-state index in [9.17, 15) is 9.59 Å². The molecule has 1 aromatic heterocycles. The molecule has 1 heterocycles. The molecule has 0 aliphatic heterocycles. The van der Waals surface area contributed by atoms with Crippen molar-refractivity contribution in [3.8, 4) is 0 Å². The van der Waals surface area contributed by atoms with Crippen LogP contribution in [0.1, 0.15) is 16.2 Å². The molecular formula is C13H15N5O3. The highest BCUT2D eigenvalue weighted by Crippen LogP contribution is 2.19. The second-order valence-electron chi connectivity index (χ2n) is 4.30. The number of carboxylic acids is 1. The fraction of sp³-hybridized carbons (Fsp3) is 0.231. The average Bonchev–Trinajstić information content (AvgIpc) is 2.99. The Hall–Kier alpha value is -2.90. The highest BCUT2D eigenvalue weighted by atomic mass is 16.4. The Morgan fingerprint density at radius 3 is 2.81 bits per heavy atom. The first kappa shape index (κ1) is 14.5. The Morgan fingerprint density at radius 2 is 2.14 bits per heavy atom. The first-order valence-corrected chi connectivity index (χ1v) is 6.27. The lowest BCUT2D eigenvalue weighted by molar-refractivity contribution is 0.0697. The number of nitrogens with one attached hydrogen (secondary N) is 2. The molecule has 0 saturated carbocycles. The quantitative estimate of drug-likeness (QED) is 0.757. The Bertz CT molecular complexity index is 626. The first-order chi connectivity index (χ1) is 10.1. The molecule has 3 N–H and O–H groups in total. The number of carboxylic acid groups (broad SMARTS) is 1. The second kappa shape index (κ2) is 6.51. The zero-order valence-electron chi connectivity index (χ0n) is 11.4. The number of carbonyl (C=O) groups is 2. The minimum absolute atomic E-state index is 0.0744. The van der Waals surface area contributed by atoms with Crippen LogP contribution in [0.25, 0.3) is 0 Å². The summed E-state index contributed by atoms with van der Waals surface area (Å²) in [6.07, 6.45) is 1.91. The summed E-state index contributed by atoms with van der Waals surface area (Å²) in [5, 5.41) is 18.2. The number of hydrogen-bond acceptors (Lipinski definition) is 4. The van der Waals surface area contributed by atoms with E-state index in [1.807, 2.05) is 0 Å². The molecule has 0 unspecified atom stereocenters. The maximum atomic E-state index is 12.0. The number of carbonyl (C=O) groups excluding carboxylic acids is 1. The molecule has 21 heavy (non-hydrogen) atoms. The number of rotatable bonds is 5. The van der Waals surface area contributed by atoms with Gasteiger partial charge in [0.05, 0.1) is 11.3 Å². The smallest absolute Gasteiger partial charge is 0.337 e. The molecule has 110 valence electrons. The molecule has 1 aromatic carbocycles. The third kappa shape index (κ3) is 3.56. The van der Waals surface area contributed by atoms with Gasteiger partial charge in [-0.3, -0.25) is 10.00 Å². The number of H-pyrrole nitrogens is 1. The van der Waals surface area contributed by atoms with Crippen molar-refractivity contribution in [3.05, 3.63) is 42.0 Å². The minimum Gasteiger partial charge on any atom is -0.478 e. The van der Waals surface area contributed by atoms with Gasteiger partial charge in [-0.25, -0.2) is 14.6 Å². The summed E-state index contributed by atoms with van der Waals surface area (Å²) in [6, 6.07) is 5.95. The molecule has 0 radical (unpaired) electrons. The van der Waals surface area contributed by atoms with Crippen molar-refractivity contribution in [2.75, 3.05) is 18.5 Å². The van der Waals surface area contributed by atoms with Crippen molar-refractivity contribution in [2.45, 2.75) is 6.42 Å². The van der Waals surface area contributed by atoms with Crippen LogP contribution in [0, 0.1) is 0 Å². The summed E-state index contributed by atoms with van der Waals surface area (Å²) in [7, 11) is 1.52. The summed E-state index contributed by atoms with van der Waals surface area (Å²) in [5.74, 6) is -0.407. The van der Waals surface area contributed by atoms with Crippen LogP contribution in [0.5, 0.6) is 0 Å². The number of para-hydroxylation sites is 1. The molecule has 0 aliphatic rings. The third-order valence-electron chi connectivity index (χ3n) is 2.90. The summed E-state index contributed by atoms with van der Waals surface area (Å²) in [5.41, 5.74) is 0.410. The van der Waals surface area contributed by atoms with Crippen LogP contribution in [0.4, 0.5) is 10.5 Å². The zero-order valence-corrected chi connectivity index (χ0v) is 11.4. The van der Waals surface area contributed by atoms with Gasteiger partial charge in [0, 0.05) is 20.0 Å². The van der Waals surface area contributed by atoms with Crippen molar-refractivity contribution in [2.24, 2.45) is 0 Å². The second-order valence-corrected chi connectivity index (χ2v) is 4.30. The highest BCUT2D eigenvalue weighted by Gasteiger charge is 2.17. The molecule has 2 amide bonds. The van der Waals surface area contributed by atoms with E-state index in [1.54, 1.807) is 18.2 Å². The van der Waals surface area contributed by atoms with E-state index in [0.29, 0.717) is 24.5 Å². The maximum absolute atomic E-state index is 12.0. The lowest BCUT2D eigenvalue weighted by Crippen LogP contribution is -2.39. The number of aromatic amines is 1. The Balaban J connectivity index is 1.97. The summed E-state index contributed by atoms with van der Waals surface area (Å²) >= 11 is 0. The van der Waals surface area contributed by atoms with E-state index in [-0.39, 0.29) is 11.6 Å². The molecule has 0 fully saturated rings. The van der Waals surface area contributed by atoms with E-state index in [4.69, 9.17) is 5.11 Å². The standard InChI is InChI=1S/C13H15N5O3/c1-18(10-5-3-2-4-9(10)12(19)20)13(21)14-7-6-11-15-8-16-17-11/h2-5,8H,6-7H2,1H3,(H,14,21)(H,19,20)(H,15,16,17). The molecule has 0 saturated heterocycles. The van der Waals surface area contributed by atoms with Crippen molar-refractivity contribution >= 4 is 17.7 Å². The van der Waals surface area contributed by atoms with Crippen LogP contribution >= 0.6 is 0 Å². The lowest BCUT2D eigenvalue weighted by atomic mass is 10.1. The fourth-order valence-electron chi connectivity index (χ4n) is 1.81. The number of nitrogens with zero attached hydrogens (tertiary/aromatic N) is 3. The Labute approximate surface area is 120 Å². The van der Waals surface area contributed by atoms with Crippen molar-refractivity contribution in [3.63, 3.8) is 0 Å². The van der Waals surface area contributed by atoms with Gasteiger partial charge in [-0.15, -0.1) is 0 Å². The number of hydrogen-bond donors (Lipinski definition) is 3. The van der Waals surface area contributed by atoms with Gasteiger partial charge >= 0.3 is 12.0 Å². The van der Waals surface area contributed by atoms with Gasteiger partial charge in [0.1, 0.15) is 12.2 Å². The van der Waals surface area contributed by atoms with Gasteiger partial charge in [0.15, 0.2) is 0 Å². The molecular weight excluding hydrogens is 274 g/mol. The lowest BCUT2D eigenvalue weighted by Gasteiger charge is -2.19. The number of urea groups is 1. The predicted molar refractivity (Wildman–Crippen MR) is 75.3 cm³/mol. The maximum Gasteiger partial charge on any atom is 0.337 e. The summed E-state index contributed by atoms with van der Waals surface area (Å²) < 4.78 is 0. The zero-order chi connectivity index (χ0) is 15.2. The summed E-state index contributed by atoms with van der Waals surface area (Å²) in [6.45, 7) is 0.369. The number of anilines is 1. The number of aromatic nitrogens is 3. The highest BCUT2D eigenvalue weighted by molar-refractivity contribution is 6.01. The van der Waals surface area contributed by atoms with E-state index >= 15 is 0 Å². The SMILES string of the molecule is CN(C(=O)NCCc1ncn[nH]1)c1ccccc1C(=O)O. The van der Waals surface area contributed by atoms with Gasteiger partial charge in [-0.1, -0.05) is 12.1 Å². The normalized spacial score (nSPS) is 10.1. The van der Waals surface area contributed by atoms with Crippen LogP contribution in [-0.4, -0.2) is 45.9 Å². The minimum atomic E-state index is -1.08. The van der Waals surface area contributed by atoms with Gasteiger partial charge in [0.2, 0.25) is 0 Å². The molecule has 8 heteroatoms. The topological polar surface area (TPSA) is 111 Å². The first-order valence-electron chi connectivity index (χ1n) is 6.27. The van der Waals surface area contributed by atoms with E-state index in [0.717, 1.165) is 0 Å². The van der Waals surface area contributed by atoms with Crippen molar-refractivity contribution < 1.29 is 14.7 Å². The van der Waals surface area contributed by atoms with Crippen molar-refractivity contribution in [1.29, 1.82) is 0 Å². The van der Waals surface area contributed by atoms with Crippen LogP contribution in [-0.2, 0) is 6.42 Å². The van der Waals surface area contributed by atoms with Crippen LogP contribution < -0.4 is 10.2 Å². The van der Waals surface area contributed by atoms with Gasteiger partial charge in [-0.05, 0) is 12.1 Å². The number of benzene rings is 1. The predicted octanol–water partition coefficient (Wildman–Crippen LogP) is 0.891. The van der Waals surface area contributed by atoms with E-state index in [2.05, 4.69) is 20.5 Å². The largest absolute Gasteiger partial charge is 0.478 e. The Morgan fingerprint density at radius 1 is 1.38 bits per heavy atom. The molecule has 0 spiro atoms. The average molecular weight is 289 g/mol. The van der Waals surface area contributed by atoms with Gasteiger partial charge in [0.25, 0.3) is 0 Å². The fourth-order valence-corrected chi connectivity index (χ4v) is 1.81. The van der Waals surface area contributed by atoms with Crippen LogP contribution in [0.15, 0.2) is 30.6 Å².